The fraction of sp³-hybridized carbons (Fsp3) is 0.182. The van der Waals surface area contributed by atoms with Gasteiger partial charge in [-0.05, 0) is 31.2 Å². The fourth-order valence-electron chi connectivity index (χ4n) is 1.20. The molecular weight excluding hydrogens is 304 g/mol. The number of aryl methyl sites for hydroxylation is 1. The number of halogens is 1. The normalized spacial score (nSPS) is 10.6. The van der Waals surface area contributed by atoms with E-state index in [1.807, 2.05) is 19.1 Å². The molecule has 0 bridgehead atoms. The van der Waals surface area contributed by atoms with Crippen LogP contribution < -0.4 is 5.73 Å². The summed E-state index contributed by atoms with van der Waals surface area (Å²) in [5.41, 5.74) is 5.71. The van der Waals surface area contributed by atoms with Gasteiger partial charge in [0.05, 0.1) is 5.75 Å². The second-order valence-electron chi connectivity index (χ2n) is 3.29. The van der Waals surface area contributed by atoms with Gasteiger partial charge < -0.3 is 5.73 Å². The minimum Gasteiger partial charge on any atom is -0.383 e. The van der Waals surface area contributed by atoms with Crippen molar-refractivity contribution in [2.45, 2.75) is 17.6 Å². The SMILES string of the molecule is Cc1sc(CSc2ccc(Br)cc2)nc1N. The van der Waals surface area contributed by atoms with E-state index in [-0.39, 0.29) is 0 Å². The summed E-state index contributed by atoms with van der Waals surface area (Å²) in [7, 11) is 0. The number of benzene rings is 1. The number of nitrogens with two attached hydrogens (primary N) is 1. The summed E-state index contributed by atoms with van der Waals surface area (Å²) in [5, 5.41) is 1.09. The van der Waals surface area contributed by atoms with E-state index in [1.165, 1.54) is 4.90 Å². The lowest BCUT2D eigenvalue weighted by Crippen LogP contribution is -1.86. The van der Waals surface area contributed by atoms with Crippen molar-refractivity contribution >= 4 is 44.8 Å². The van der Waals surface area contributed by atoms with Gasteiger partial charge in [0.2, 0.25) is 0 Å². The van der Waals surface area contributed by atoms with Crippen LogP contribution in [0, 0.1) is 6.92 Å². The Morgan fingerprint density at radius 2 is 2.06 bits per heavy atom. The van der Waals surface area contributed by atoms with E-state index in [0.29, 0.717) is 5.82 Å². The molecule has 5 heteroatoms. The molecule has 0 aliphatic heterocycles. The summed E-state index contributed by atoms with van der Waals surface area (Å²) in [5.74, 6) is 1.54. The summed E-state index contributed by atoms with van der Waals surface area (Å²) in [4.78, 5) is 6.66. The lowest BCUT2D eigenvalue weighted by atomic mass is 10.4. The Morgan fingerprint density at radius 1 is 1.38 bits per heavy atom. The number of thioether (sulfide) groups is 1. The van der Waals surface area contributed by atoms with Crippen LogP contribution >= 0.6 is 39.0 Å². The Kier molecular flexibility index (Phi) is 3.89. The average molecular weight is 315 g/mol. The van der Waals surface area contributed by atoms with Gasteiger partial charge in [-0.2, -0.15) is 0 Å². The highest BCUT2D eigenvalue weighted by Gasteiger charge is 2.04. The van der Waals surface area contributed by atoms with Gasteiger partial charge in [0.15, 0.2) is 0 Å². The maximum Gasteiger partial charge on any atom is 0.137 e. The summed E-state index contributed by atoms with van der Waals surface area (Å²) in [6.07, 6.45) is 0. The molecule has 0 unspecified atom stereocenters. The van der Waals surface area contributed by atoms with Crippen molar-refractivity contribution in [3.8, 4) is 0 Å². The number of thiazole rings is 1. The zero-order valence-corrected chi connectivity index (χ0v) is 12.0. The first-order chi connectivity index (χ1) is 7.65. The molecule has 0 atom stereocenters. The quantitative estimate of drug-likeness (QED) is 0.867. The van der Waals surface area contributed by atoms with Crippen LogP contribution in [0.25, 0.3) is 0 Å². The summed E-state index contributed by atoms with van der Waals surface area (Å²) >= 11 is 6.86. The van der Waals surface area contributed by atoms with Crippen LogP contribution in [0.1, 0.15) is 9.88 Å². The van der Waals surface area contributed by atoms with E-state index in [9.17, 15) is 0 Å². The smallest absolute Gasteiger partial charge is 0.137 e. The molecule has 0 saturated heterocycles. The molecule has 2 N–H and O–H groups in total. The minimum atomic E-state index is 0.663. The molecule has 0 aliphatic carbocycles. The van der Waals surface area contributed by atoms with Crippen LogP contribution in [0.2, 0.25) is 0 Å². The molecular formula is C11H11BrN2S2. The minimum absolute atomic E-state index is 0.663. The van der Waals surface area contributed by atoms with Crippen molar-refractivity contribution < 1.29 is 0 Å². The number of rotatable bonds is 3. The van der Waals surface area contributed by atoms with Crippen molar-refractivity contribution in [1.82, 2.24) is 4.98 Å². The van der Waals surface area contributed by atoms with Gasteiger partial charge >= 0.3 is 0 Å². The monoisotopic (exact) mass is 314 g/mol. The summed E-state index contributed by atoms with van der Waals surface area (Å²) in [6.45, 7) is 2.00. The number of aromatic nitrogens is 1. The van der Waals surface area contributed by atoms with Crippen molar-refractivity contribution in [3.63, 3.8) is 0 Å². The molecule has 0 radical (unpaired) electrons. The van der Waals surface area contributed by atoms with Crippen molar-refractivity contribution in [3.05, 3.63) is 38.6 Å². The number of anilines is 1. The van der Waals surface area contributed by atoms with Gasteiger partial charge in [0, 0.05) is 14.2 Å². The molecule has 1 aromatic heterocycles. The Hall–Kier alpha value is -0.520. The molecule has 1 aromatic carbocycles. The number of hydrogen-bond acceptors (Lipinski definition) is 4. The lowest BCUT2D eigenvalue weighted by molar-refractivity contribution is 1.26. The molecule has 0 amide bonds. The zero-order valence-electron chi connectivity index (χ0n) is 8.74. The third-order valence-electron chi connectivity index (χ3n) is 2.05. The van der Waals surface area contributed by atoms with E-state index < -0.39 is 0 Å². The number of hydrogen-bond donors (Lipinski definition) is 1. The molecule has 2 aromatic rings. The van der Waals surface area contributed by atoms with Gasteiger partial charge in [0.1, 0.15) is 10.8 Å². The molecule has 2 rings (SSSR count). The highest BCUT2D eigenvalue weighted by atomic mass is 79.9. The summed E-state index contributed by atoms with van der Waals surface area (Å²) < 4.78 is 1.10. The van der Waals surface area contributed by atoms with Gasteiger partial charge in [-0.15, -0.1) is 23.1 Å². The molecule has 0 spiro atoms. The van der Waals surface area contributed by atoms with Crippen LogP contribution in [0.4, 0.5) is 5.82 Å². The highest BCUT2D eigenvalue weighted by Crippen LogP contribution is 2.28. The Bertz CT molecular complexity index is 460. The predicted octanol–water partition coefficient (Wildman–Crippen LogP) is 4.09. The first-order valence-electron chi connectivity index (χ1n) is 4.75. The molecule has 1 heterocycles. The first-order valence-corrected chi connectivity index (χ1v) is 7.35. The molecule has 2 nitrogen and oxygen atoms in total. The maximum atomic E-state index is 5.71. The zero-order chi connectivity index (χ0) is 11.5. The first kappa shape index (κ1) is 12.0. The average Bonchev–Trinajstić information content (AvgIpc) is 2.58. The maximum absolute atomic E-state index is 5.71. The third-order valence-corrected chi connectivity index (χ3v) is 4.77. The van der Waals surface area contributed by atoms with Gasteiger partial charge in [-0.1, -0.05) is 15.9 Å². The van der Waals surface area contributed by atoms with Crippen LogP contribution in [-0.4, -0.2) is 4.98 Å². The van der Waals surface area contributed by atoms with Crippen LogP contribution in [-0.2, 0) is 5.75 Å². The highest BCUT2D eigenvalue weighted by molar-refractivity contribution is 9.10. The predicted molar refractivity (Wildman–Crippen MR) is 75.0 cm³/mol. The lowest BCUT2D eigenvalue weighted by Gasteiger charge is -1.98. The van der Waals surface area contributed by atoms with Gasteiger partial charge in [0.25, 0.3) is 0 Å². The van der Waals surface area contributed by atoms with Gasteiger partial charge in [-0.25, -0.2) is 4.98 Å². The second-order valence-corrected chi connectivity index (χ2v) is 6.54. The van der Waals surface area contributed by atoms with E-state index in [4.69, 9.17) is 5.73 Å². The Balaban J connectivity index is 1.99. The van der Waals surface area contributed by atoms with E-state index in [1.54, 1.807) is 23.1 Å². The van der Waals surface area contributed by atoms with E-state index >= 15 is 0 Å². The molecule has 0 aliphatic rings. The van der Waals surface area contributed by atoms with E-state index in [2.05, 4.69) is 33.0 Å². The standard InChI is InChI=1S/C11H11BrN2S2/c1-7-11(13)14-10(16-7)6-15-9-4-2-8(12)3-5-9/h2-5H,6,13H2,1H3. The molecule has 84 valence electrons. The largest absolute Gasteiger partial charge is 0.383 e. The van der Waals surface area contributed by atoms with Crippen molar-refractivity contribution in [1.29, 1.82) is 0 Å². The van der Waals surface area contributed by atoms with Gasteiger partial charge in [-0.3, -0.25) is 0 Å². The fourth-order valence-corrected chi connectivity index (χ4v) is 3.21. The van der Waals surface area contributed by atoms with Crippen LogP contribution in [0.3, 0.4) is 0 Å². The Labute approximate surface area is 111 Å². The van der Waals surface area contributed by atoms with Crippen LogP contribution in [0.15, 0.2) is 33.6 Å². The summed E-state index contributed by atoms with van der Waals surface area (Å²) in [6, 6.07) is 8.28. The number of nitrogens with zero attached hydrogens (tertiary/aromatic N) is 1. The van der Waals surface area contributed by atoms with Crippen molar-refractivity contribution in [2.75, 3.05) is 5.73 Å². The van der Waals surface area contributed by atoms with E-state index in [0.717, 1.165) is 20.1 Å². The number of nitrogen functional groups attached to an aromatic ring is 1. The second kappa shape index (κ2) is 5.21. The topological polar surface area (TPSA) is 38.9 Å². The third kappa shape index (κ3) is 2.99. The molecule has 0 saturated carbocycles. The molecule has 0 fully saturated rings. The Morgan fingerprint density at radius 3 is 2.62 bits per heavy atom. The van der Waals surface area contributed by atoms with Crippen molar-refractivity contribution in [2.24, 2.45) is 0 Å². The molecule has 16 heavy (non-hydrogen) atoms. The van der Waals surface area contributed by atoms with Crippen LogP contribution in [0.5, 0.6) is 0 Å².